The molecule has 0 aromatic heterocycles. The Labute approximate surface area is 122 Å². The second-order valence-corrected chi connectivity index (χ2v) is 9.01. The number of hydrogen-bond donors (Lipinski definition) is 1. The second-order valence-electron chi connectivity index (χ2n) is 6.82. The van der Waals surface area contributed by atoms with Crippen LogP contribution < -0.4 is 0 Å². The third-order valence-corrected chi connectivity index (χ3v) is 5.60. The molecule has 20 heavy (non-hydrogen) atoms. The molecule has 0 aliphatic carbocycles. The van der Waals surface area contributed by atoms with E-state index in [-0.39, 0.29) is 5.75 Å². The lowest BCUT2D eigenvalue weighted by Gasteiger charge is -2.29. The smallest absolute Gasteiger partial charge is 0.318 e. The van der Waals surface area contributed by atoms with Gasteiger partial charge in [-0.1, -0.05) is 20.8 Å². The number of carboxylic acids is 1. The molecule has 0 spiro atoms. The molecule has 0 bridgehead atoms. The van der Waals surface area contributed by atoms with Gasteiger partial charge in [0.1, 0.15) is 5.75 Å². The lowest BCUT2D eigenvalue weighted by molar-refractivity contribution is -0.134. The zero-order valence-corrected chi connectivity index (χ0v) is 13.6. The molecule has 1 saturated heterocycles. The molecular weight excluding hydrogens is 278 g/mol. The molecule has 0 radical (unpaired) electrons. The van der Waals surface area contributed by atoms with Crippen LogP contribution in [0.2, 0.25) is 0 Å². The first kappa shape index (κ1) is 17.4. The fraction of sp³-hybridized carbons (Fsp3) is 0.929. The highest BCUT2D eigenvalue weighted by Gasteiger charge is 2.27. The van der Waals surface area contributed by atoms with Crippen molar-refractivity contribution < 1.29 is 18.3 Å². The molecule has 6 heteroatoms. The van der Waals surface area contributed by atoms with E-state index in [0.717, 1.165) is 25.9 Å². The third kappa shape index (κ3) is 6.22. The first-order valence-electron chi connectivity index (χ1n) is 7.25. The Morgan fingerprint density at radius 2 is 1.90 bits per heavy atom. The van der Waals surface area contributed by atoms with E-state index in [1.54, 1.807) is 0 Å². The zero-order chi connectivity index (χ0) is 15.4. The molecule has 1 aliphatic heterocycles. The Balaban J connectivity index is 2.45. The largest absolute Gasteiger partial charge is 0.480 e. The molecule has 0 aromatic rings. The van der Waals surface area contributed by atoms with Crippen molar-refractivity contribution in [3.63, 3.8) is 0 Å². The number of likely N-dealkylation sites (tertiary alicyclic amines) is 1. The normalized spacial score (nSPS) is 22.4. The molecule has 5 nitrogen and oxygen atoms in total. The summed E-state index contributed by atoms with van der Waals surface area (Å²) in [4.78, 5) is 12.6. The van der Waals surface area contributed by atoms with Crippen LogP contribution in [0.1, 0.15) is 40.0 Å². The van der Waals surface area contributed by atoms with Gasteiger partial charge < -0.3 is 10.0 Å². The van der Waals surface area contributed by atoms with Gasteiger partial charge in [0.25, 0.3) is 0 Å². The van der Waals surface area contributed by atoms with Crippen LogP contribution in [0.15, 0.2) is 0 Å². The highest BCUT2D eigenvalue weighted by atomic mass is 32.2. The maximum atomic E-state index is 11.6. The average molecular weight is 305 g/mol. The SMILES string of the molecule is CC(C)(C)C1CCCN(CCS(=O)(=O)CC(=O)O)CC1. The molecule has 1 atom stereocenters. The highest BCUT2D eigenvalue weighted by Crippen LogP contribution is 2.34. The molecule has 1 rings (SSSR count). The molecule has 1 N–H and O–H groups in total. The van der Waals surface area contributed by atoms with E-state index in [2.05, 4.69) is 25.7 Å². The molecule has 1 fully saturated rings. The van der Waals surface area contributed by atoms with Crippen molar-refractivity contribution >= 4 is 15.8 Å². The molecule has 0 saturated carbocycles. The minimum absolute atomic E-state index is 0.0561. The predicted octanol–water partition coefficient (Wildman–Crippen LogP) is 1.63. The van der Waals surface area contributed by atoms with Crippen molar-refractivity contribution in [1.29, 1.82) is 0 Å². The summed E-state index contributed by atoms with van der Waals surface area (Å²) in [5.74, 6) is -1.41. The first-order valence-corrected chi connectivity index (χ1v) is 9.07. The van der Waals surface area contributed by atoms with Gasteiger partial charge in [0.05, 0.1) is 5.75 Å². The van der Waals surface area contributed by atoms with E-state index in [1.807, 2.05) is 0 Å². The third-order valence-electron chi connectivity index (χ3n) is 4.11. The van der Waals surface area contributed by atoms with Gasteiger partial charge in [-0.3, -0.25) is 4.79 Å². The Bertz CT molecular complexity index is 425. The van der Waals surface area contributed by atoms with Crippen molar-refractivity contribution in [3.05, 3.63) is 0 Å². The first-order chi connectivity index (χ1) is 9.10. The summed E-state index contributed by atoms with van der Waals surface area (Å²) in [5, 5.41) is 8.56. The maximum Gasteiger partial charge on any atom is 0.318 e. The molecule has 1 unspecified atom stereocenters. The molecule has 118 valence electrons. The van der Waals surface area contributed by atoms with Crippen LogP contribution in [0.5, 0.6) is 0 Å². The van der Waals surface area contributed by atoms with Crippen molar-refractivity contribution in [3.8, 4) is 0 Å². The fourth-order valence-electron chi connectivity index (χ4n) is 2.77. The zero-order valence-electron chi connectivity index (χ0n) is 12.8. The van der Waals surface area contributed by atoms with Crippen LogP contribution in [0.3, 0.4) is 0 Å². The van der Waals surface area contributed by atoms with Crippen LogP contribution in [0.25, 0.3) is 0 Å². The van der Waals surface area contributed by atoms with Crippen molar-refractivity contribution in [2.24, 2.45) is 11.3 Å². The van der Waals surface area contributed by atoms with E-state index in [9.17, 15) is 13.2 Å². The summed E-state index contributed by atoms with van der Waals surface area (Å²) in [6, 6.07) is 0. The maximum absolute atomic E-state index is 11.6. The van der Waals surface area contributed by atoms with Crippen molar-refractivity contribution in [2.45, 2.75) is 40.0 Å². The summed E-state index contributed by atoms with van der Waals surface area (Å²) in [6.45, 7) is 9.03. The van der Waals surface area contributed by atoms with E-state index >= 15 is 0 Å². The van der Waals surface area contributed by atoms with Gasteiger partial charge in [0.2, 0.25) is 0 Å². The van der Waals surface area contributed by atoms with E-state index in [1.165, 1.54) is 6.42 Å². The number of carbonyl (C=O) groups is 1. The van der Waals surface area contributed by atoms with Gasteiger partial charge in [-0.25, -0.2) is 8.42 Å². The van der Waals surface area contributed by atoms with Crippen molar-refractivity contribution in [1.82, 2.24) is 4.90 Å². The van der Waals surface area contributed by atoms with E-state index < -0.39 is 21.6 Å². The monoisotopic (exact) mass is 305 g/mol. The number of hydrogen-bond acceptors (Lipinski definition) is 4. The number of nitrogens with zero attached hydrogens (tertiary/aromatic N) is 1. The number of sulfone groups is 1. The Hall–Kier alpha value is -0.620. The molecule has 1 aliphatic rings. The van der Waals surface area contributed by atoms with Gasteiger partial charge in [-0.15, -0.1) is 0 Å². The van der Waals surface area contributed by atoms with Gasteiger partial charge in [0, 0.05) is 6.54 Å². The highest BCUT2D eigenvalue weighted by molar-refractivity contribution is 7.92. The summed E-state index contributed by atoms with van der Waals surface area (Å²) in [6.07, 6.45) is 3.35. The lowest BCUT2D eigenvalue weighted by Crippen LogP contribution is -2.32. The summed E-state index contributed by atoms with van der Waals surface area (Å²) >= 11 is 0. The van der Waals surface area contributed by atoms with E-state index in [4.69, 9.17) is 5.11 Å². The summed E-state index contributed by atoms with van der Waals surface area (Å²) in [7, 11) is -3.48. The minimum atomic E-state index is -3.48. The number of rotatable bonds is 5. The predicted molar refractivity (Wildman–Crippen MR) is 79.5 cm³/mol. The lowest BCUT2D eigenvalue weighted by atomic mass is 9.77. The molecular formula is C14H27NO4S. The van der Waals surface area contributed by atoms with Crippen LogP contribution in [0, 0.1) is 11.3 Å². The Kier molecular flexibility index (Phi) is 6.01. The molecule has 0 aromatic carbocycles. The van der Waals surface area contributed by atoms with Crippen LogP contribution in [-0.2, 0) is 14.6 Å². The number of aliphatic carboxylic acids is 1. The van der Waals surface area contributed by atoms with Crippen LogP contribution in [0.4, 0.5) is 0 Å². The van der Waals surface area contributed by atoms with Gasteiger partial charge in [0.15, 0.2) is 9.84 Å². The molecule has 0 amide bonds. The Morgan fingerprint density at radius 1 is 1.25 bits per heavy atom. The van der Waals surface area contributed by atoms with Crippen LogP contribution >= 0.6 is 0 Å². The number of carboxylic acid groups (broad SMARTS) is 1. The minimum Gasteiger partial charge on any atom is -0.480 e. The Morgan fingerprint density at radius 3 is 2.45 bits per heavy atom. The molecule has 1 heterocycles. The van der Waals surface area contributed by atoms with Gasteiger partial charge >= 0.3 is 5.97 Å². The standard InChI is InChI=1S/C14H27NO4S/c1-14(2,3)12-5-4-7-15(8-6-12)9-10-20(18,19)11-13(16)17/h12H,4-11H2,1-3H3,(H,16,17). The summed E-state index contributed by atoms with van der Waals surface area (Å²) in [5.41, 5.74) is 0.297. The fourth-order valence-corrected chi connectivity index (χ4v) is 3.83. The van der Waals surface area contributed by atoms with Gasteiger partial charge in [-0.05, 0) is 43.7 Å². The van der Waals surface area contributed by atoms with E-state index in [0.29, 0.717) is 17.9 Å². The van der Waals surface area contributed by atoms with Crippen LogP contribution in [-0.4, -0.2) is 55.5 Å². The van der Waals surface area contributed by atoms with Gasteiger partial charge in [-0.2, -0.15) is 0 Å². The quantitative estimate of drug-likeness (QED) is 0.835. The average Bonchev–Trinajstić information content (AvgIpc) is 2.49. The second kappa shape index (κ2) is 6.89. The van der Waals surface area contributed by atoms with Crippen molar-refractivity contribution in [2.75, 3.05) is 31.1 Å². The topological polar surface area (TPSA) is 74.7 Å². The summed E-state index contributed by atoms with van der Waals surface area (Å²) < 4.78 is 23.2.